The third-order valence-electron chi connectivity index (χ3n) is 5.50. The van der Waals surface area contributed by atoms with Gasteiger partial charge in [0, 0.05) is 42.7 Å². The molecule has 1 saturated heterocycles. The molecule has 2 aromatic rings. The number of likely N-dealkylation sites (N-methyl/N-ethyl adjacent to an activating group) is 1. The van der Waals surface area contributed by atoms with Crippen LogP contribution in [0.15, 0.2) is 48.6 Å². The van der Waals surface area contributed by atoms with Crippen LogP contribution in [0.3, 0.4) is 0 Å². The van der Waals surface area contributed by atoms with Crippen LogP contribution in [0.5, 0.6) is 0 Å². The minimum Gasteiger partial charge on any atom is -0.366 e. The van der Waals surface area contributed by atoms with Gasteiger partial charge in [-0.2, -0.15) is 0 Å². The summed E-state index contributed by atoms with van der Waals surface area (Å²) in [5.41, 5.74) is 6.32. The van der Waals surface area contributed by atoms with E-state index in [0.29, 0.717) is 43.7 Å². The van der Waals surface area contributed by atoms with Crippen molar-refractivity contribution in [3.8, 4) is 0 Å². The Labute approximate surface area is 209 Å². The van der Waals surface area contributed by atoms with Crippen molar-refractivity contribution < 1.29 is 19.2 Å². The Morgan fingerprint density at radius 2 is 1.91 bits per heavy atom. The standard InChI is InChI=1S/C25H31N5O4S/c1-28(2)13-5-8-22(32)29-14-15-30(23(33)17-29)24-10-9-19(35-24)11-12-27-21(31)16-18-6-3-4-7-20(18)25(26)34/h3-10H,11-17H2,1-2H3,(H2,26,34)(H,27,31). The fraction of sp³-hybridized carbons (Fsp3) is 0.360. The predicted octanol–water partition coefficient (Wildman–Crippen LogP) is 1.04. The van der Waals surface area contributed by atoms with E-state index in [-0.39, 0.29) is 30.7 Å². The number of nitrogens with zero attached hydrogens (tertiary/aromatic N) is 3. The molecule has 0 unspecified atom stereocenters. The molecular formula is C25H31N5O4S. The highest BCUT2D eigenvalue weighted by Gasteiger charge is 2.28. The highest BCUT2D eigenvalue weighted by Crippen LogP contribution is 2.27. The predicted molar refractivity (Wildman–Crippen MR) is 136 cm³/mol. The molecule has 3 rings (SSSR count). The lowest BCUT2D eigenvalue weighted by atomic mass is 10.0. The van der Waals surface area contributed by atoms with Crippen LogP contribution >= 0.6 is 11.3 Å². The summed E-state index contributed by atoms with van der Waals surface area (Å²) >= 11 is 1.50. The lowest BCUT2D eigenvalue weighted by Gasteiger charge is -2.33. The zero-order valence-corrected chi connectivity index (χ0v) is 20.8. The summed E-state index contributed by atoms with van der Waals surface area (Å²) in [6, 6.07) is 10.6. The molecular weight excluding hydrogens is 466 g/mol. The van der Waals surface area contributed by atoms with E-state index in [1.165, 1.54) is 17.4 Å². The molecule has 0 aliphatic carbocycles. The van der Waals surface area contributed by atoms with E-state index >= 15 is 0 Å². The fourth-order valence-corrected chi connectivity index (χ4v) is 4.73. The maximum Gasteiger partial charge on any atom is 0.248 e. The first-order chi connectivity index (χ1) is 16.7. The van der Waals surface area contributed by atoms with Crippen LogP contribution in [-0.4, -0.2) is 80.2 Å². The van der Waals surface area contributed by atoms with Crippen molar-refractivity contribution in [2.45, 2.75) is 12.8 Å². The summed E-state index contributed by atoms with van der Waals surface area (Å²) in [5, 5.41) is 3.70. The third kappa shape index (κ3) is 7.49. The van der Waals surface area contributed by atoms with Gasteiger partial charge < -0.3 is 25.8 Å². The number of carbonyl (C=O) groups excluding carboxylic acids is 4. The van der Waals surface area contributed by atoms with Crippen molar-refractivity contribution in [1.82, 2.24) is 15.1 Å². The number of thiophene rings is 1. The second-order valence-corrected chi connectivity index (χ2v) is 9.65. The van der Waals surface area contributed by atoms with E-state index in [4.69, 9.17) is 5.73 Å². The number of hydrogen-bond donors (Lipinski definition) is 2. The monoisotopic (exact) mass is 497 g/mol. The number of piperazine rings is 1. The molecule has 3 N–H and O–H groups in total. The average molecular weight is 498 g/mol. The van der Waals surface area contributed by atoms with E-state index in [2.05, 4.69) is 5.32 Å². The Morgan fingerprint density at radius 1 is 1.14 bits per heavy atom. The van der Waals surface area contributed by atoms with Crippen molar-refractivity contribution in [1.29, 1.82) is 0 Å². The molecule has 1 aliphatic rings. The Bertz CT molecular complexity index is 1110. The van der Waals surface area contributed by atoms with E-state index < -0.39 is 5.91 Å². The SMILES string of the molecule is CN(C)CC=CC(=O)N1CCN(c2ccc(CCNC(=O)Cc3ccccc3C(N)=O)s2)C(=O)C1. The Morgan fingerprint density at radius 3 is 2.63 bits per heavy atom. The van der Waals surface area contributed by atoms with Crippen molar-refractivity contribution in [2.75, 3.05) is 51.7 Å². The number of hydrogen-bond acceptors (Lipinski definition) is 6. The molecule has 4 amide bonds. The van der Waals surface area contributed by atoms with E-state index in [9.17, 15) is 19.2 Å². The van der Waals surface area contributed by atoms with Crippen LogP contribution in [0, 0.1) is 0 Å². The van der Waals surface area contributed by atoms with Gasteiger partial charge in [0.15, 0.2) is 0 Å². The smallest absolute Gasteiger partial charge is 0.248 e. The van der Waals surface area contributed by atoms with Gasteiger partial charge in [-0.05, 0) is 44.3 Å². The molecule has 9 nitrogen and oxygen atoms in total. The summed E-state index contributed by atoms with van der Waals surface area (Å²) in [7, 11) is 3.85. The van der Waals surface area contributed by atoms with Crippen LogP contribution in [0.4, 0.5) is 5.00 Å². The van der Waals surface area contributed by atoms with Crippen LogP contribution in [0.25, 0.3) is 0 Å². The van der Waals surface area contributed by atoms with E-state index in [1.54, 1.807) is 40.1 Å². The Kier molecular flexibility index (Phi) is 9.16. The Hall–Kier alpha value is -3.50. The zero-order valence-electron chi connectivity index (χ0n) is 20.0. The molecule has 0 atom stereocenters. The number of nitrogens with two attached hydrogens (primary N) is 1. The fourth-order valence-electron chi connectivity index (χ4n) is 3.69. The second-order valence-electron chi connectivity index (χ2n) is 8.51. The summed E-state index contributed by atoms with van der Waals surface area (Å²) in [6.07, 6.45) is 4.01. The minimum atomic E-state index is -0.556. The lowest BCUT2D eigenvalue weighted by molar-refractivity contribution is -0.133. The van der Waals surface area contributed by atoms with Crippen molar-refractivity contribution >= 4 is 40.0 Å². The first-order valence-corrected chi connectivity index (χ1v) is 12.2. The summed E-state index contributed by atoms with van der Waals surface area (Å²) in [5.74, 6) is -1.01. The van der Waals surface area contributed by atoms with Crippen LogP contribution in [0.1, 0.15) is 20.8 Å². The molecule has 1 aliphatic heterocycles. The number of carbonyl (C=O) groups is 4. The van der Waals surface area contributed by atoms with Crippen LogP contribution < -0.4 is 16.0 Å². The number of rotatable bonds is 10. The quantitative estimate of drug-likeness (QED) is 0.476. The molecule has 0 spiro atoms. The summed E-state index contributed by atoms with van der Waals surface area (Å²) in [6.45, 7) is 2.09. The van der Waals surface area contributed by atoms with Gasteiger partial charge in [-0.1, -0.05) is 24.3 Å². The normalized spacial score (nSPS) is 14.1. The molecule has 1 aromatic carbocycles. The maximum atomic E-state index is 12.7. The highest BCUT2D eigenvalue weighted by atomic mass is 32.1. The largest absolute Gasteiger partial charge is 0.366 e. The molecule has 2 heterocycles. The number of primary amides is 1. The molecule has 10 heteroatoms. The molecule has 0 bridgehead atoms. The van der Waals surface area contributed by atoms with Crippen LogP contribution in [-0.2, 0) is 27.2 Å². The first-order valence-electron chi connectivity index (χ1n) is 11.4. The minimum absolute atomic E-state index is 0.0568. The number of benzene rings is 1. The van der Waals surface area contributed by atoms with Crippen molar-refractivity contribution in [2.24, 2.45) is 5.73 Å². The van der Waals surface area contributed by atoms with Gasteiger partial charge >= 0.3 is 0 Å². The first kappa shape index (κ1) is 26.1. The van der Waals surface area contributed by atoms with Crippen molar-refractivity contribution in [3.63, 3.8) is 0 Å². The number of anilines is 1. The van der Waals surface area contributed by atoms with E-state index in [0.717, 1.165) is 9.88 Å². The summed E-state index contributed by atoms with van der Waals surface area (Å²) < 4.78 is 0. The zero-order chi connectivity index (χ0) is 25.4. The number of amides is 4. The van der Waals surface area contributed by atoms with Gasteiger partial charge in [0.1, 0.15) is 6.54 Å². The topological polar surface area (TPSA) is 116 Å². The Balaban J connectivity index is 1.46. The molecule has 1 aromatic heterocycles. The molecule has 0 radical (unpaired) electrons. The average Bonchev–Trinajstić information content (AvgIpc) is 3.27. The van der Waals surface area contributed by atoms with Gasteiger partial charge in [-0.3, -0.25) is 19.2 Å². The van der Waals surface area contributed by atoms with Gasteiger partial charge in [0.25, 0.3) is 0 Å². The van der Waals surface area contributed by atoms with Gasteiger partial charge in [0.2, 0.25) is 23.6 Å². The van der Waals surface area contributed by atoms with Gasteiger partial charge in [-0.25, -0.2) is 0 Å². The molecule has 1 fully saturated rings. The molecule has 186 valence electrons. The van der Waals surface area contributed by atoms with Gasteiger partial charge in [0.05, 0.1) is 11.4 Å². The van der Waals surface area contributed by atoms with Gasteiger partial charge in [-0.15, -0.1) is 11.3 Å². The third-order valence-corrected chi connectivity index (χ3v) is 6.67. The second kappa shape index (κ2) is 12.3. The summed E-state index contributed by atoms with van der Waals surface area (Å²) in [4.78, 5) is 55.1. The van der Waals surface area contributed by atoms with Crippen molar-refractivity contribution in [3.05, 3.63) is 64.6 Å². The molecule has 35 heavy (non-hydrogen) atoms. The highest BCUT2D eigenvalue weighted by molar-refractivity contribution is 7.16. The van der Waals surface area contributed by atoms with E-state index in [1.807, 2.05) is 31.1 Å². The molecule has 0 saturated carbocycles. The lowest BCUT2D eigenvalue weighted by Crippen LogP contribution is -2.51. The maximum absolute atomic E-state index is 12.7. The van der Waals surface area contributed by atoms with Crippen LogP contribution in [0.2, 0.25) is 0 Å². The number of nitrogens with one attached hydrogen (secondary N) is 1.